The minimum absolute atomic E-state index is 0. The summed E-state index contributed by atoms with van der Waals surface area (Å²) in [6, 6.07) is -0.298. The van der Waals surface area contributed by atoms with Gasteiger partial charge in [-0.3, -0.25) is 4.79 Å². The molecular weight excluding hydrogens is 333 g/mol. The number of carboxylic acid groups (broad SMARTS) is 1. The van der Waals surface area contributed by atoms with Crippen LogP contribution in [0.5, 0.6) is 0 Å². The minimum atomic E-state index is -1.37. The molecule has 9 nitrogen and oxygen atoms in total. The van der Waals surface area contributed by atoms with Crippen molar-refractivity contribution in [2.75, 3.05) is 5.75 Å². The Morgan fingerprint density at radius 1 is 1.57 bits per heavy atom. The average Bonchev–Trinajstić information content (AvgIpc) is 2.97. The number of carbonyl (C=O) groups is 2. The fourth-order valence-corrected chi connectivity index (χ4v) is 3.85. The SMILES string of the molecule is C[C@@H](O)[C@H]1C(=O)N2C(C(=O)[O-])=C(CSc3nnnn3C)C[C@H]12.[Na+]. The van der Waals surface area contributed by atoms with E-state index in [0.717, 1.165) is 0 Å². The minimum Gasteiger partial charge on any atom is -0.543 e. The molecule has 0 unspecified atom stereocenters. The van der Waals surface area contributed by atoms with E-state index in [-0.39, 0.29) is 47.2 Å². The van der Waals surface area contributed by atoms with Gasteiger partial charge in [-0.25, -0.2) is 4.68 Å². The third-order valence-electron chi connectivity index (χ3n) is 3.97. The fourth-order valence-electron chi connectivity index (χ4n) is 2.97. The summed E-state index contributed by atoms with van der Waals surface area (Å²) < 4.78 is 1.48. The van der Waals surface area contributed by atoms with Gasteiger partial charge in [0.2, 0.25) is 11.1 Å². The number of thioether (sulfide) groups is 1. The van der Waals surface area contributed by atoms with Crippen LogP contribution >= 0.6 is 11.8 Å². The number of aliphatic hydroxyl groups is 1. The Morgan fingerprint density at radius 2 is 2.26 bits per heavy atom. The largest absolute Gasteiger partial charge is 1.00 e. The molecule has 3 atom stereocenters. The number of rotatable bonds is 5. The van der Waals surface area contributed by atoms with Crippen molar-refractivity contribution in [1.82, 2.24) is 25.1 Å². The van der Waals surface area contributed by atoms with Crippen molar-refractivity contribution in [3.05, 3.63) is 11.3 Å². The quantitative estimate of drug-likeness (QED) is 0.319. The van der Waals surface area contributed by atoms with E-state index in [1.54, 1.807) is 7.05 Å². The van der Waals surface area contributed by atoms with Crippen molar-refractivity contribution in [3.63, 3.8) is 0 Å². The zero-order valence-electron chi connectivity index (χ0n) is 13.0. The number of carboxylic acids is 1. The summed E-state index contributed by atoms with van der Waals surface area (Å²) in [6.45, 7) is 1.54. The van der Waals surface area contributed by atoms with Crippen LogP contribution in [-0.4, -0.2) is 60.0 Å². The standard InChI is InChI=1S/C12H15N5O4S.Na/c1-5(18)8-7-3-6(4-22-12-13-14-15-16(12)2)9(11(20)21)17(7)10(8)19;/h5,7-8,18H,3-4H2,1-2H3,(H,20,21);/q;+1/p-1/t5-,7-,8-;/m1./s1. The first kappa shape index (κ1) is 18.4. The van der Waals surface area contributed by atoms with E-state index in [4.69, 9.17) is 0 Å². The first-order chi connectivity index (χ1) is 10.4. The van der Waals surface area contributed by atoms with Crippen LogP contribution in [0, 0.1) is 5.92 Å². The zero-order valence-corrected chi connectivity index (χ0v) is 15.8. The molecule has 0 aromatic carbocycles. The Bertz CT molecular complexity index is 676. The molecule has 3 rings (SSSR count). The van der Waals surface area contributed by atoms with Gasteiger partial charge in [0.05, 0.1) is 29.7 Å². The number of tetrazole rings is 1. The van der Waals surface area contributed by atoms with Crippen molar-refractivity contribution < 1.29 is 49.4 Å². The summed E-state index contributed by atoms with van der Waals surface area (Å²) >= 11 is 1.29. The molecule has 118 valence electrons. The number of aliphatic carboxylic acids is 1. The summed E-state index contributed by atoms with van der Waals surface area (Å²) in [5.41, 5.74) is 0.532. The molecule has 1 aromatic heterocycles. The molecule has 0 bridgehead atoms. The third kappa shape index (κ3) is 3.05. The second-order valence-electron chi connectivity index (χ2n) is 5.36. The second kappa shape index (κ2) is 6.89. The Balaban J connectivity index is 0.00000192. The van der Waals surface area contributed by atoms with Crippen molar-refractivity contribution in [3.8, 4) is 0 Å². The van der Waals surface area contributed by atoms with Crippen LogP contribution in [0.4, 0.5) is 0 Å². The third-order valence-corrected chi connectivity index (χ3v) is 5.07. The first-order valence-electron chi connectivity index (χ1n) is 6.71. The average molecular weight is 347 g/mol. The Hall–Kier alpha value is -0.940. The molecule has 0 aliphatic carbocycles. The number of nitrogens with zero attached hydrogens (tertiary/aromatic N) is 5. The van der Waals surface area contributed by atoms with Crippen molar-refractivity contribution >= 4 is 23.6 Å². The molecule has 2 aliphatic rings. The van der Waals surface area contributed by atoms with E-state index >= 15 is 0 Å². The number of hydrogen-bond acceptors (Lipinski definition) is 8. The van der Waals surface area contributed by atoms with Crippen LogP contribution in [0.3, 0.4) is 0 Å². The monoisotopic (exact) mass is 347 g/mol. The van der Waals surface area contributed by atoms with Crippen LogP contribution in [-0.2, 0) is 16.6 Å². The van der Waals surface area contributed by atoms with Crippen molar-refractivity contribution in [2.24, 2.45) is 13.0 Å². The predicted molar refractivity (Wildman–Crippen MR) is 72.0 cm³/mol. The van der Waals surface area contributed by atoms with Gasteiger partial charge in [0.1, 0.15) is 0 Å². The van der Waals surface area contributed by atoms with Crippen LogP contribution in [0.15, 0.2) is 16.4 Å². The molecule has 3 heterocycles. The summed E-state index contributed by atoms with van der Waals surface area (Å²) in [4.78, 5) is 24.6. The second-order valence-corrected chi connectivity index (χ2v) is 6.30. The Morgan fingerprint density at radius 3 is 2.78 bits per heavy atom. The fraction of sp³-hybridized carbons (Fsp3) is 0.583. The van der Waals surface area contributed by atoms with E-state index in [9.17, 15) is 19.8 Å². The molecule has 23 heavy (non-hydrogen) atoms. The van der Waals surface area contributed by atoms with E-state index in [1.807, 2.05) is 0 Å². The number of carbonyl (C=O) groups excluding carboxylic acids is 2. The van der Waals surface area contributed by atoms with Gasteiger partial charge in [-0.2, -0.15) is 0 Å². The van der Waals surface area contributed by atoms with Crippen LogP contribution in [0.2, 0.25) is 0 Å². The van der Waals surface area contributed by atoms with Crippen LogP contribution in [0.25, 0.3) is 0 Å². The van der Waals surface area contributed by atoms with Gasteiger partial charge >= 0.3 is 29.6 Å². The van der Waals surface area contributed by atoms with Gasteiger partial charge in [0.25, 0.3) is 0 Å². The Labute approximate surface area is 158 Å². The van der Waals surface area contributed by atoms with Gasteiger partial charge in [-0.15, -0.1) is 5.10 Å². The van der Waals surface area contributed by atoms with E-state index < -0.39 is 18.0 Å². The molecule has 1 aromatic rings. The number of β-lactam (4-membered cyclic amide) rings is 1. The molecule has 1 fully saturated rings. The van der Waals surface area contributed by atoms with E-state index in [1.165, 1.54) is 28.3 Å². The summed E-state index contributed by atoms with van der Waals surface area (Å²) in [5.74, 6) is -1.93. The molecule has 0 radical (unpaired) electrons. The maximum atomic E-state index is 12.0. The molecule has 1 saturated heterocycles. The van der Waals surface area contributed by atoms with Gasteiger partial charge in [0.15, 0.2) is 0 Å². The zero-order chi connectivity index (χ0) is 16.0. The van der Waals surface area contributed by atoms with Crippen molar-refractivity contribution in [2.45, 2.75) is 30.6 Å². The number of hydrogen-bond donors (Lipinski definition) is 1. The molecule has 1 N–H and O–H groups in total. The van der Waals surface area contributed by atoms with E-state index in [0.29, 0.717) is 22.9 Å². The molecule has 0 spiro atoms. The first-order valence-corrected chi connectivity index (χ1v) is 7.70. The summed E-state index contributed by atoms with van der Waals surface area (Å²) in [7, 11) is 1.69. The summed E-state index contributed by atoms with van der Waals surface area (Å²) in [6.07, 6.45) is -0.380. The summed E-state index contributed by atoms with van der Waals surface area (Å²) in [5, 5.41) is 32.6. The van der Waals surface area contributed by atoms with Gasteiger partial charge in [-0.1, -0.05) is 11.8 Å². The molecule has 1 amide bonds. The van der Waals surface area contributed by atoms with Gasteiger partial charge in [-0.05, 0) is 29.3 Å². The predicted octanol–water partition coefficient (Wildman–Crippen LogP) is -5.08. The maximum Gasteiger partial charge on any atom is 1.00 e. The maximum absolute atomic E-state index is 12.0. The normalized spacial score (nSPS) is 24.1. The number of aryl methyl sites for hydroxylation is 1. The van der Waals surface area contributed by atoms with E-state index in [2.05, 4.69) is 15.5 Å². The van der Waals surface area contributed by atoms with Crippen LogP contribution < -0.4 is 34.7 Å². The smallest absolute Gasteiger partial charge is 0.543 e. The van der Waals surface area contributed by atoms with Crippen LogP contribution in [0.1, 0.15) is 13.3 Å². The molecule has 0 saturated carbocycles. The topological polar surface area (TPSA) is 124 Å². The number of aromatic nitrogens is 4. The van der Waals surface area contributed by atoms with Crippen molar-refractivity contribution in [1.29, 1.82) is 0 Å². The molecule has 11 heteroatoms. The molecule has 2 aliphatic heterocycles. The Kier molecular flexibility index (Phi) is 5.52. The number of amides is 1. The molecular formula is C12H14N5NaO4S. The van der Waals surface area contributed by atoms with Gasteiger partial charge in [0, 0.05) is 12.8 Å². The number of aliphatic hydroxyl groups excluding tert-OH is 1. The van der Waals surface area contributed by atoms with Gasteiger partial charge < -0.3 is 19.9 Å². The number of fused-ring (bicyclic) bond motifs is 1.